The number of halogens is 3. The third-order valence-corrected chi connectivity index (χ3v) is 2.70. The summed E-state index contributed by atoms with van der Waals surface area (Å²) in [7, 11) is 0. The van der Waals surface area contributed by atoms with E-state index in [0.717, 1.165) is 12.3 Å². The zero-order valence-electron chi connectivity index (χ0n) is 10.4. The number of aliphatic hydroxyl groups excluding tert-OH is 3. The van der Waals surface area contributed by atoms with Gasteiger partial charge in [0.1, 0.15) is 17.8 Å². The summed E-state index contributed by atoms with van der Waals surface area (Å²) in [6.07, 6.45) is -3.41. The van der Waals surface area contributed by atoms with Crippen molar-refractivity contribution in [2.24, 2.45) is 0 Å². The van der Waals surface area contributed by atoms with Gasteiger partial charge < -0.3 is 25.2 Å². The number of alkyl halides is 3. The highest BCUT2D eigenvalue weighted by Crippen LogP contribution is 2.19. The molecule has 0 aliphatic rings. The Morgan fingerprint density at radius 2 is 1.75 bits per heavy atom. The van der Waals surface area contributed by atoms with E-state index < -0.39 is 44.0 Å². The van der Waals surface area contributed by atoms with Gasteiger partial charge in [-0.25, -0.2) is 0 Å². The fourth-order valence-corrected chi connectivity index (χ4v) is 1.52. The fraction of sp³-hybridized carbons (Fsp3) is 0.545. The van der Waals surface area contributed by atoms with E-state index in [4.69, 9.17) is 15.3 Å². The molecule has 0 radical (unpaired) electrons. The monoisotopic (exact) mass is 296 g/mol. The zero-order valence-corrected chi connectivity index (χ0v) is 10.4. The van der Waals surface area contributed by atoms with Crippen LogP contribution in [0.2, 0.25) is 0 Å². The molecule has 1 aromatic heterocycles. The smallest absolute Gasteiger partial charge is 0.394 e. The first-order chi connectivity index (χ1) is 9.27. The first-order valence-electron chi connectivity index (χ1n) is 5.64. The lowest BCUT2D eigenvalue weighted by atomic mass is 10.0. The Labute approximate surface area is 112 Å². The molecule has 1 amide bonds. The van der Waals surface area contributed by atoms with Gasteiger partial charge in [-0.1, -0.05) is 0 Å². The standard InChI is InChI=1S/C11H15F3N2O4/c12-11(13,14)4-16-3-1-2-8(16)9(20)15-10(5-17,6-18)7-19/h1-3,17-19H,4-7H2,(H,15,20). The summed E-state index contributed by atoms with van der Waals surface area (Å²) in [6.45, 7) is -3.61. The molecular formula is C11H15F3N2O4. The largest absolute Gasteiger partial charge is 0.406 e. The van der Waals surface area contributed by atoms with Gasteiger partial charge in [0.2, 0.25) is 0 Å². The van der Waals surface area contributed by atoms with Gasteiger partial charge in [0.05, 0.1) is 19.8 Å². The van der Waals surface area contributed by atoms with Gasteiger partial charge >= 0.3 is 6.18 Å². The van der Waals surface area contributed by atoms with Crippen LogP contribution in [0.4, 0.5) is 13.2 Å². The highest BCUT2D eigenvalue weighted by molar-refractivity contribution is 5.93. The minimum Gasteiger partial charge on any atom is -0.394 e. The average Bonchev–Trinajstić information content (AvgIpc) is 2.82. The van der Waals surface area contributed by atoms with E-state index in [9.17, 15) is 18.0 Å². The van der Waals surface area contributed by atoms with E-state index in [0.29, 0.717) is 4.57 Å². The Balaban J connectivity index is 2.91. The van der Waals surface area contributed by atoms with Crippen LogP contribution in [0.3, 0.4) is 0 Å². The number of amides is 1. The molecule has 0 aromatic carbocycles. The summed E-state index contributed by atoms with van der Waals surface area (Å²) in [5.74, 6) is -0.934. The van der Waals surface area contributed by atoms with Crippen LogP contribution >= 0.6 is 0 Å². The number of hydrogen-bond donors (Lipinski definition) is 4. The molecule has 4 N–H and O–H groups in total. The van der Waals surface area contributed by atoms with E-state index in [-0.39, 0.29) is 5.69 Å². The van der Waals surface area contributed by atoms with Gasteiger partial charge in [-0.3, -0.25) is 4.79 Å². The zero-order chi connectivity index (χ0) is 15.4. The van der Waals surface area contributed by atoms with Crippen LogP contribution in [-0.4, -0.2) is 57.3 Å². The molecule has 0 bridgehead atoms. The van der Waals surface area contributed by atoms with Crippen molar-refractivity contribution < 1.29 is 33.3 Å². The molecule has 0 saturated heterocycles. The normalized spacial score (nSPS) is 12.5. The molecule has 0 saturated carbocycles. The quantitative estimate of drug-likeness (QED) is 0.569. The predicted molar refractivity (Wildman–Crippen MR) is 61.9 cm³/mol. The molecule has 1 rings (SSSR count). The van der Waals surface area contributed by atoms with Crippen molar-refractivity contribution in [2.75, 3.05) is 19.8 Å². The first-order valence-corrected chi connectivity index (χ1v) is 5.64. The number of carbonyl (C=O) groups is 1. The second-order valence-corrected chi connectivity index (χ2v) is 4.35. The van der Waals surface area contributed by atoms with Crippen molar-refractivity contribution in [1.29, 1.82) is 0 Å². The highest BCUT2D eigenvalue weighted by Gasteiger charge is 2.33. The Hall–Kier alpha value is -1.58. The molecular weight excluding hydrogens is 281 g/mol. The van der Waals surface area contributed by atoms with Crippen molar-refractivity contribution in [2.45, 2.75) is 18.3 Å². The Kier molecular flexibility index (Phi) is 5.15. The molecule has 0 unspecified atom stereocenters. The molecule has 6 nitrogen and oxygen atoms in total. The summed E-state index contributed by atoms with van der Waals surface area (Å²) in [5, 5.41) is 29.3. The molecule has 0 atom stereocenters. The maximum atomic E-state index is 12.3. The predicted octanol–water partition coefficient (Wildman–Crippen LogP) is -0.504. The van der Waals surface area contributed by atoms with Gasteiger partial charge in [-0.05, 0) is 12.1 Å². The summed E-state index contributed by atoms with van der Waals surface area (Å²) < 4.78 is 37.7. The Morgan fingerprint density at radius 3 is 2.20 bits per heavy atom. The minimum atomic E-state index is -4.49. The molecule has 0 aliphatic heterocycles. The number of aliphatic hydroxyl groups is 3. The number of nitrogens with zero attached hydrogens (tertiary/aromatic N) is 1. The van der Waals surface area contributed by atoms with Gasteiger partial charge in [0, 0.05) is 6.20 Å². The lowest BCUT2D eigenvalue weighted by Gasteiger charge is -2.28. The van der Waals surface area contributed by atoms with Crippen molar-refractivity contribution in [1.82, 2.24) is 9.88 Å². The Morgan fingerprint density at radius 1 is 1.20 bits per heavy atom. The molecule has 0 spiro atoms. The summed E-state index contributed by atoms with van der Waals surface area (Å²) in [5.41, 5.74) is -1.98. The summed E-state index contributed by atoms with van der Waals surface area (Å²) in [4.78, 5) is 11.9. The van der Waals surface area contributed by atoms with Gasteiger partial charge in [-0.2, -0.15) is 13.2 Å². The molecule has 0 fully saturated rings. The van der Waals surface area contributed by atoms with E-state index in [1.54, 1.807) is 0 Å². The van der Waals surface area contributed by atoms with Crippen LogP contribution in [0, 0.1) is 0 Å². The average molecular weight is 296 g/mol. The third-order valence-electron chi connectivity index (χ3n) is 2.70. The molecule has 1 heterocycles. The molecule has 0 aliphatic carbocycles. The second kappa shape index (κ2) is 6.25. The maximum Gasteiger partial charge on any atom is 0.406 e. The number of hydrogen-bond acceptors (Lipinski definition) is 4. The van der Waals surface area contributed by atoms with Crippen LogP contribution in [0.1, 0.15) is 10.5 Å². The highest BCUT2D eigenvalue weighted by atomic mass is 19.4. The van der Waals surface area contributed by atoms with Crippen LogP contribution in [0.25, 0.3) is 0 Å². The number of carbonyl (C=O) groups excluding carboxylic acids is 1. The Bertz CT molecular complexity index is 447. The van der Waals surface area contributed by atoms with Crippen molar-refractivity contribution in [3.8, 4) is 0 Å². The summed E-state index contributed by atoms with van der Waals surface area (Å²) in [6, 6.07) is 2.43. The minimum absolute atomic E-state index is 0.290. The van der Waals surface area contributed by atoms with Crippen LogP contribution < -0.4 is 5.32 Å². The molecule has 1 aromatic rings. The summed E-state index contributed by atoms with van der Waals surface area (Å²) >= 11 is 0. The van der Waals surface area contributed by atoms with Crippen molar-refractivity contribution >= 4 is 5.91 Å². The third kappa shape index (κ3) is 3.95. The lowest BCUT2D eigenvalue weighted by molar-refractivity contribution is -0.140. The van der Waals surface area contributed by atoms with Crippen LogP contribution in [0.15, 0.2) is 18.3 Å². The number of nitrogens with one attached hydrogen (secondary N) is 1. The van der Waals surface area contributed by atoms with Crippen LogP contribution in [-0.2, 0) is 6.54 Å². The van der Waals surface area contributed by atoms with Gasteiger partial charge in [-0.15, -0.1) is 0 Å². The molecule has 114 valence electrons. The van der Waals surface area contributed by atoms with E-state index in [1.807, 2.05) is 0 Å². The van der Waals surface area contributed by atoms with Gasteiger partial charge in [0.25, 0.3) is 5.91 Å². The van der Waals surface area contributed by atoms with Crippen LogP contribution in [0.5, 0.6) is 0 Å². The number of rotatable bonds is 6. The van der Waals surface area contributed by atoms with Crippen molar-refractivity contribution in [3.63, 3.8) is 0 Å². The lowest BCUT2D eigenvalue weighted by Crippen LogP contribution is -2.57. The van der Waals surface area contributed by atoms with E-state index >= 15 is 0 Å². The molecule has 20 heavy (non-hydrogen) atoms. The SMILES string of the molecule is O=C(NC(CO)(CO)CO)c1cccn1CC(F)(F)F. The fourth-order valence-electron chi connectivity index (χ4n) is 1.52. The second-order valence-electron chi connectivity index (χ2n) is 4.35. The van der Waals surface area contributed by atoms with E-state index in [1.165, 1.54) is 6.07 Å². The van der Waals surface area contributed by atoms with E-state index in [2.05, 4.69) is 5.32 Å². The first kappa shape index (κ1) is 16.5. The van der Waals surface area contributed by atoms with Gasteiger partial charge in [0.15, 0.2) is 0 Å². The van der Waals surface area contributed by atoms with Crippen molar-refractivity contribution in [3.05, 3.63) is 24.0 Å². The number of aromatic nitrogens is 1. The topological polar surface area (TPSA) is 94.7 Å². The molecule has 9 heteroatoms. The maximum absolute atomic E-state index is 12.3.